The van der Waals surface area contributed by atoms with Crippen LogP contribution >= 0.6 is 11.6 Å². The molecule has 0 bridgehead atoms. The molecule has 2 nitrogen and oxygen atoms in total. The Kier molecular flexibility index (Phi) is 3.65. The summed E-state index contributed by atoms with van der Waals surface area (Å²) in [4.78, 5) is 10.6. The minimum absolute atomic E-state index is 0.108. The molecule has 0 aliphatic heterocycles. The topological polar surface area (TPSA) is 37.3 Å². The molecule has 3 heteroatoms. The van der Waals surface area contributed by atoms with E-state index in [2.05, 4.69) is 13.8 Å². The number of allylic oxidation sites excluding steroid dienone is 2. The van der Waals surface area contributed by atoms with E-state index < -0.39 is 6.10 Å². The van der Waals surface area contributed by atoms with E-state index in [0.717, 1.165) is 32.0 Å². The van der Waals surface area contributed by atoms with Crippen molar-refractivity contribution < 1.29 is 9.90 Å². The first-order valence-electron chi connectivity index (χ1n) is 6.43. The zero-order chi connectivity index (χ0) is 12.6. The lowest BCUT2D eigenvalue weighted by Gasteiger charge is -2.52. The largest absolute Gasteiger partial charge is 0.392 e. The molecule has 0 heterocycles. The van der Waals surface area contributed by atoms with Crippen LogP contribution in [0, 0.1) is 17.3 Å². The minimum atomic E-state index is -0.413. The first kappa shape index (κ1) is 13.1. The van der Waals surface area contributed by atoms with Crippen LogP contribution in [0.2, 0.25) is 0 Å². The van der Waals surface area contributed by atoms with Crippen LogP contribution in [0.5, 0.6) is 0 Å². The molecule has 0 aromatic carbocycles. The second kappa shape index (κ2) is 4.74. The standard InChI is InChI=1S/C14H21ClO2/c1-9-11-4-3-10(5-6-16)7-14(11,2)8-12(17)13(9)15/h5-6,9,11-13,17H,3-4,7-8H2,1-2H3/b10-5+/t9-,11?,12+,13-,14?/m1/s1. The number of hydrogen-bond donors (Lipinski definition) is 1. The molecular formula is C14H21ClO2. The highest BCUT2D eigenvalue weighted by atomic mass is 35.5. The molecule has 0 aromatic rings. The summed E-state index contributed by atoms with van der Waals surface area (Å²) in [5.41, 5.74) is 1.34. The average Bonchev–Trinajstić information content (AvgIpc) is 2.25. The van der Waals surface area contributed by atoms with Gasteiger partial charge in [0.05, 0.1) is 11.5 Å². The predicted octanol–water partition coefficient (Wildman–Crippen LogP) is 2.93. The zero-order valence-electron chi connectivity index (χ0n) is 10.5. The highest BCUT2D eigenvalue weighted by Gasteiger charge is 2.49. The summed E-state index contributed by atoms with van der Waals surface area (Å²) >= 11 is 6.28. The lowest BCUT2D eigenvalue weighted by molar-refractivity contribution is -0.104. The summed E-state index contributed by atoms with van der Waals surface area (Å²) in [7, 11) is 0. The van der Waals surface area contributed by atoms with Crippen LogP contribution in [0.25, 0.3) is 0 Å². The molecule has 2 rings (SSSR count). The van der Waals surface area contributed by atoms with Crippen LogP contribution in [-0.4, -0.2) is 22.9 Å². The number of fused-ring (bicyclic) bond motifs is 1. The van der Waals surface area contributed by atoms with Crippen LogP contribution in [0.1, 0.15) is 39.5 Å². The van der Waals surface area contributed by atoms with Gasteiger partial charge in [-0.2, -0.15) is 0 Å². The van der Waals surface area contributed by atoms with E-state index in [0.29, 0.717) is 11.8 Å². The van der Waals surface area contributed by atoms with Crippen molar-refractivity contribution >= 4 is 17.9 Å². The van der Waals surface area contributed by atoms with Crippen LogP contribution < -0.4 is 0 Å². The average molecular weight is 257 g/mol. The Hall–Kier alpha value is -0.340. The molecule has 2 fully saturated rings. The predicted molar refractivity (Wildman–Crippen MR) is 69.0 cm³/mol. The molecule has 2 saturated carbocycles. The van der Waals surface area contributed by atoms with Crippen LogP contribution in [0.4, 0.5) is 0 Å². The third-order valence-electron chi connectivity index (χ3n) is 4.79. The van der Waals surface area contributed by atoms with Gasteiger partial charge in [-0.15, -0.1) is 11.6 Å². The van der Waals surface area contributed by atoms with Gasteiger partial charge in [0.15, 0.2) is 0 Å². The maximum absolute atomic E-state index is 10.6. The second-order valence-corrected chi connectivity index (χ2v) is 6.52. The van der Waals surface area contributed by atoms with Gasteiger partial charge in [-0.05, 0) is 49.0 Å². The third-order valence-corrected chi connectivity index (χ3v) is 5.47. The molecule has 1 N–H and O–H groups in total. The number of aliphatic hydroxyl groups excluding tert-OH is 1. The van der Waals surface area contributed by atoms with E-state index in [4.69, 9.17) is 11.6 Å². The number of rotatable bonds is 1. The summed E-state index contributed by atoms with van der Waals surface area (Å²) in [6, 6.07) is 0. The smallest absolute Gasteiger partial charge is 0.142 e. The fourth-order valence-corrected chi connectivity index (χ4v) is 4.21. The molecule has 5 atom stereocenters. The second-order valence-electron chi connectivity index (χ2n) is 6.01. The van der Waals surface area contributed by atoms with Crippen molar-refractivity contribution in [3.05, 3.63) is 11.6 Å². The Morgan fingerprint density at radius 2 is 2.24 bits per heavy atom. The van der Waals surface area contributed by atoms with Crippen molar-refractivity contribution in [1.29, 1.82) is 0 Å². The number of carbonyl (C=O) groups excluding carboxylic acids is 1. The zero-order valence-corrected chi connectivity index (χ0v) is 11.3. The molecule has 2 aliphatic rings. The van der Waals surface area contributed by atoms with Gasteiger partial charge < -0.3 is 5.11 Å². The number of halogens is 1. The van der Waals surface area contributed by atoms with Crippen molar-refractivity contribution in [3.63, 3.8) is 0 Å². The van der Waals surface area contributed by atoms with Crippen molar-refractivity contribution in [2.24, 2.45) is 17.3 Å². The molecule has 2 aliphatic carbocycles. The van der Waals surface area contributed by atoms with Crippen molar-refractivity contribution in [2.75, 3.05) is 0 Å². The van der Waals surface area contributed by atoms with Crippen LogP contribution in [0.3, 0.4) is 0 Å². The molecule has 0 aromatic heterocycles. The monoisotopic (exact) mass is 256 g/mol. The number of alkyl halides is 1. The fourth-order valence-electron chi connectivity index (χ4n) is 3.95. The van der Waals surface area contributed by atoms with Gasteiger partial charge in [0.2, 0.25) is 0 Å². The van der Waals surface area contributed by atoms with Gasteiger partial charge >= 0.3 is 0 Å². The Morgan fingerprint density at radius 1 is 1.53 bits per heavy atom. The van der Waals surface area contributed by atoms with Gasteiger partial charge in [-0.25, -0.2) is 0 Å². The molecule has 96 valence electrons. The Morgan fingerprint density at radius 3 is 2.88 bits per heavy atom. The highest BCUT2D eigenvalue weighted by molar-refractivity contribution is 6.21. The molecule has 2 unspecified atom stereocenters. The third kappa shape index (κ3) is 2.30. The molecule has 0 amide bonds. The maximum atomic E-state index is 10.6. The summed E-state index contributed by atoms with van der Waals surface area (Å²) in [5.74, 6) is 0.917. The molecule has 0 radical (unpaired) electrons. The van der Waals surface area contributed by atoms with Gasteiger partial charge in [-0.1, -0.05) is 19.4 Å². The van der Waals surface area contributed by atoms with E-state index in [1.165, 1.54) is 5.57 Å². The van der Waals surface area contributed by atoms with Gasteiger partial charge in [0.25, 0.3) is 0 Å². The van der Waals surface area contributed by atoms with E-state index in [1.54, 1.807) is 6.08 Å². The minimum Gasteiger partial charge on any atom is -0.392 e. The lowest BCUT2D eigenvalue weighted by Crippen LogP contribution is -2.50. The Labute approximate surface area is 108 Å². The first-order chi connectivity index (χ1) is 7.98. The quantitative estimate of drug-likeness (QED) is 0.445. The Bertz CT molecular complexity index is 339. The van der Waals surface area contributed by atoms with E-state index in [9.17, 15) is 9.90 Å². The Balaban J connectivity index is 2.22. The van der Waals surface area contributed by atoms with Gasteiger partial charge in [0.1, 0.15) is 6.29 Å². The first-order valence-corrected chi connectivity index (χ1v) is 6.87. The van der Waals surface area contributed by atoms with E-state index >= 15 is 0 Å². The maximum Gasteiger partial charge on any atom is 0.142 e. The van der Waals surface area contributed by atoms with Crippen molar-refractivity contribution in [2.45, 2.75) is 51.0 Å². The van der Waals surface area contributed by atoms with Crippen LogP contribution in [0.15, 0.2) is 11.6 Å². The van der Waals surface area contributed by atoms with Gasteiger partial charge in [-0.3, -0.25) is 4.79 Å². The molecule has 0 saturated heterocycles. The number of carbonyl (C=O) groups is 1. The normalized spacial score (nSPS) is 48.8. The SMILES string of the molecule is C[C@@H]1C2CC/C(=C\C=O)CC2(C)C[C@H](O)[C@@H]1Cl. The lowest BCUT2D eigenvalue weighted by atomic mass is 9.55. The van der Waals surface area contributed by atoms with E-state index in [1.807, 2.05) is 0 Å². The number of aliphatic hydroxyl groups is 1. The van der Waals surface area contributed by atoms with Gasteiger partial charge in [0, 0.05) is 0 Å². The summed E-state index contributed by atoms with van der Waals surface area (Å²) in [6.07, 6.45) is 5.95. The molecule has 17 heavy (non-hydrogen) atoms. The van der Waals surface area contributed by atoms with Crippen molar-refractivity contribution in [3.8, 4) is 0 Å². The van der Waals surface area contributed by atoms with Crippen molar-refractivity contribution in [1.82, 2.24) is 0 Å². The van der Waals surface area contributed by atoms with Crippen LogP contribution in [-0.2, 0) is 4.79 Å². The fraction of sp³-hybridized carbons (Fsp3) is 0.786. The molecule has 0 spiro atoms. The number of hydrogen-bond acceptors (Lipinski definition) is 2. The summed E-state index contributed by atoms with van der Waals surface area (Å²) in [6.45, 7) is 4.38. The number of aldehydes is 1. The summed E-state index contributed by atoms with van der Waals surface area (Å²) in [5, 5.41) is 9.93. The highest BCUT2D eigenvalue weighted by Crippen LogP contribution is 2.54. The molecular weight excluding hydrogens is 236 g/mol. The summed E-state index contributed by atoms with van der Waals surface area (Å²) < 4.78 is 0. The van der Waals surface area contributed by atoms with E-state index in [-0.39, 0.29) is 10.8 Å².